The molecule has 16 heavy (non-hydrogen) atoms. The molecule has 2 heterocycles. The fourth-order valence-electron chi connectivity index (χ4n) is 2.20. The third-order valence-corrected chi connectivity index (χ3v) is 3.31. The van der Waals surface area contributed by atoms with Crippen LogP contribution in [0.3, 0.4) is 0 Å². The molecule has 91 valence electrons. The van der Waals surface area contributed by atoms with Crippen molar-refractivity contribution in [2.24, 2.45) is 0 Å². The highest BCUT2D eigenvalue weighted by Gasteiger charge is 2.46. The van der Waals surface area contributed by atoms with E-state index in [1.165, 1.54) is 0 Å². The number of epoxide rings is 1. The maximum Gasteiger partial charge on any atom is 0.104 e. The minimum absolute atomic E-state index is 0.279. The number of hydroxylamine groups is 2. The van der Waals surface area contributed by atoms with Gasteiger partial charge in [0.15, 0.2) is 0 Å². The Hall–Kier alpha value is -0.420. The highest BCUT2D eigenvalue weighted by Crippen LogP contribution is 2.38. The van der Waals surface area contributed by atoms with Gasteiger partial charge in [-0.25, -0.2) is 0 Å². The SMILES string of the molecule is CC1(C)C=C(COCC2CO2)C(C)(C)N1[O]. The molecule has 1 radical (unpaired) electrons. The Morgan fingerprint density at radius 2 is 2.12 bits per heavy atom. The Bertz CT molecular complexity index is 305. The van der Waals surface area contributed by atoms with E-state index in [1.807, 2.05) is 33.8 Å². The molecular weight excluding hydrogens is 206 g/mol. The molecule has 1 saturated heterocycles. The molecular formula is C12H20NO3. The van der Waals surface area contributed by atoms with Gasteiger partial charge in [-0.1, -0.05) is 6.08 Å². The summed E-state index contributed by atoms with van der Waals surface area (Å²) < 4.78 is 10.6. The molecule has 0 saturated carbocycles. The Morgan fingerprint density at radius 3 is 2.56 bits per heavy atom. The predicted molar refractivity (Wildman–Crippen MR) is 59.3 cm³/mol. The summed E-state index contributed by atoms with van der Waals surface area (Å²) in [5.74, 6) is 0. The highest BCUT2D eigenvalue weighted by molar-refractivity contribution is 5.29. The van der Waals surface area contributed by atoms with Gasteiger partial charge in [-0.15, -0.1) is 10.3 Å². The van der Waals surface area contributed by atoms with E-state index in [0.717, 1.165) is 17.2 Å². The second kappa shape index (κ2) is 3.81. The van der Waals surface area contributed by atoms with Crippen LogP contribution in [0.2, 0.25) is 0 Å². The summed E-state index contributed by atoms with van der Waals surface area (Å²) in [6, 6.07) is 0. The summed E-state index contributed by atoms with van der Waals surface area (Å²) in [5, 5.41) is 13.2. The zero-order valence-corrected chi connectivity index (χ0v) is 10.4. The smallest absolute Gasteiger partial charge is 0.104 e. The van der Waals surface area contributed by atoms with Crippen molar-refractivity contribution in [3.8, 4) is 0 Å². The number of hydrogen-bond acceptors (Lipinski definition) is 3. The lowest BCUT2D eigenvalue weighted by Gasteiger charge is -2.33. The largest absolute Gasteiger partial charge is 0.374 e. The second-order valence-electron chi connectivity index (χ2n) is 5.65. The van der Waals surface area contributed by atoms with Crippen LogP contribution in [0.15, 0.2) is 11.6 Å². The molecule has 2 rings (SSSR count). The van der Waals surface area contributed by atoms with E-state index >= 15 is 0 Å². The first-order chi connectivity index (χ1) is 7.34. The van der Waals surface area contributed by atoms with Crippen LogP contribution in [0.25, 0.3) is 0 Å². The van der Waals surface area contributed by atoms with Crippen molar-refractivity contribution >= 4 is 0 Å². The van der Waals surface area contributed by atoms with Gasteiger partial charge >= 0.3 is 0 Å². The second-order valence-corrected chi connectivity index (χ2v) is 5.65. The fraction of sp³-hybridized carbons (Fsp3) is 0.833. The van der Waals surface area contributed by atoms with Gasteiger partial charge in [0.1, 0.15) is 6.10 Å². The van der Waals surface area contributed by atoms with Crippen molar-refractivity contribution in [3.63, 3.8) is 0 Å². The Labute approximate surface area is 96.8 Å². The van der Waals surface area contributed by atoms with Crippen LogP contribution in [-0.2, 0) is 14.7 Å². The Kier molecular flexibility index (Phi) is 2.87. The van der Waals surface area contributed by atoms with Crippen LogP contribution < -0.4 is 0 Å². The number of rotatable bonds is 4. The molecule has 1 unspecified atom stereocenters. The minimum Gasteiger partial charge on any atom is -0.374 e. The Balaban J connectivity index is 1.96. The molecule has 0 N–H and O–H groups in total. The molecule has 4 nitrogen and oxygen atoms in total. The normalized spacial score (nSPS) is 31.6. The summed E-state index contributed by atoms with van der Waals surface area (Å²) in [5.41, 5.74) is 0.166. The molecule has 0 aromatic rings. The van der Waals surface area contributed by atoms with Gasteiger partial charge in [0.25, 0.3) is 0 Å². The molecule has 0 aliphatic carbocycles. The first-order valence-corrected chi connectivity index (χ1v) is 5.73. The molecule has 0 spiro atoms. The van der Waals surface area contributed by atoms with Crippen molar-refractivity contribution < 1.29 is 14.7 Å². The molecule has 2 aliphatic heterocycles. The summed E-state index contributed by atoms with van der Waals surface area (Å²) in [6.07, 6.45) is 2.30. The van der Waals surface area contributed by atoms with E-state index in [9.17, 15) is 5.21 Å². The zero-order chi connectivity index (χ0) is 12.0. The van der Waals surface area contributed by atoms with Gasteiger partial charge in [0.2, 0.25) is 0 Å². The standard InChI is InChI=1S/C12H20NO3/c1-11(2)5-9(12(3,4)13(11)14)6-15-7-10-8-16-10/h5,10H,6-8H2,1-4H3. The summed E-state index contributed by atoms with van der Waals surface area (Å²) in [4.78, 5) is 0. The van der Waals surface area contributed by atoms with Gasteiger partial charge in [-0.3, -0.25) is 0 Å². The van der Waals surface area contributed by atoms with Crippen molar-refractivity contribution in [2.45, 2.75) is 44.9 Å². The first kappa shape index (κ1) is 12.0. The lowest BCUT2D eigenvalue weighted by Crippen LogP contribution is -2.47. The van der Waals surface area contributed by atoms with Crippen LogP contribution in [-0.4, -0.2) is 42.1 Å². The molecule has 4 heteroatoms. The first-order valence-electron chi connectivity index (χ1n) is 5.73. The molecule has 1 fully saturated rings. The van der Waals surface area contributed by atoms with Gasteiger partial charge in [0, 0.05) is 0 Å². The maximum atomic E-state index is 12.1. The fourth-order valence-corrected chi connectivity index (χ4v) is 2.20. The third-order valence-electron chi connectivity index (χ3n) is 3.31. The number of hydrogen-bond donors (Lipinski definition) is 0. The molecule has 0 aromatic heterocycles. The summed E-state index contributed by atoms with van der Waals surface area (Å²) in [6.45, 7) is 9.70. The van der Waals surface area contributed by atoms with Gasteiger partial charge in [0.05, 0.1) is 30.9 Å². The van der Waals surface area contributed by atoms with Crippen molar-refractivity contribution in [2.75, 3.05) is 19.8 Å². The van der Waals surface area contributed by atoms with E-state index in [-0.39, 0.29) is 6.10 Å². The van der Waals surface area contributed by atoms with E-state index in [4.69, 9.17) is 9.47 Å². The van der Waals surface area contributed by atoms with Crippen LogP contribution in [0, 0.1) is 0 Å². The van der Waals surface area contributed by atoms with Crippen molar-refractivity contribution in [1.82, 2.24) is 5.06 Å². The summed E-state index contributed by atoms with van der Waals surface area (Å²) in [7, 11) is 0. The molecule has 1 atom stereocenters. The quantitative estimate of drug-likeness (QED) is 0.539. The molecule has 0 aromatic carbocycles. The van der Waals surface area contributed by atoms with E-state index in [2.05, 4.69) is 0 Å². The molecule has 0 amide bonds. The van der Waals surface area contributed by atoms with E-state index < -0.39 is 11.1 Å². The van der Waals surface area contributed by atoms with E-state index in [1.54, 1.807) is 0 Å². The lowest BCUT2D eigenvalue weighted by molar-refractivity contribution is -0.239. The topological polar surface area (TPSA) is 44.9 Å². The van der Waals surface area contributed by atoms with Crippen molar-refractivity contribution in [3.05, 3.63) is 11.6 Å². The minimum atomic E-state index is -0.464. The van der Waals surface area contributed by atoms with Crippen molar-refractivity contribution in [1.29, 1.82) is 0 Å². The predicted octanol–water partition coefficient (Wildman–Crippen LogP) is 1.55. The van der Waals surface area contributed by atoms with Crippen LogP contribution in [0.5, 0.6) is 0 Å². The van der Waals surface area contributed by atoms with Crippen LogP contribution in [0.4, 0.5) is 0 Å². The Morgan fingerprint density at radius 1 is 1.50 bits per heavy atom. The van der Waals surface area contributed by atoms with Gasteiger partial charge in [-0.05, 0) is 33.3 Å². The highest BCUT2D eigenvalue weighted by atomic mass is 16.6. The number of ether oxygens (including phenoxy) is 2. The molecule has 2 aliphatic rings. The van der Waals surface area contributed by atoms with E-state index in [0.29, 0.717) is 13.2 Å². The van der Waals surface area contributed by atoms with Gasteiger partial charge in [-0.2, -0.15) is 0 Å². The average molecular weight is 226 g/mol. The third kappa shape index (κ3) is 2.15. The lowest BCUT2D eigenvalue weighted by atomic mass is 9.97. The number of nitrogens with zero attached hydrogens (tertiary/aromatic N) is 1. The zero-order valence-electron chi connectivity index (χ0n) is 10.4. The van der Waals surface area contributed by atoms with Crippen LogP contribution >= 0.6 is 0 Å². The maximum absolute atomic E-state index is 12.1. The van der Waals surface area contributed by atoms with Crippen LogP contribution in [0.1, 0.15) is 27.7 Å². The van der Waals surface area contributed by atoms with Gasteiger partial charge < -0.3 is 9.47 Å². The summed E-state index contributed by atoms with van der Waals surface area (Å²) >= 11 is 0. The average Bonchev–Trinajstić information content (AvgIpc) is 2.95. The monoisotopic (exact) mass is 226 g/mol. The molecule has 0 bridgehead atoms.